The third kappa shape index (κ3) is 0.909. The first-order valence-electron chi connectivity index (χ1n) is 4.90. The Labute approximate surface area is 87.5 Å². The average molecular weight is 196 g/mol. The zero-order valence-corrected chi connectivity index (χ0v) is 7.92. The summed E-state index contributed by atoms with van der Waals surface area (Å²) in [5, 5.41) is 18.1. The molecule has 4 atom stereocenters. The average Bonchev–Trinajstić information content (AvgIpc) is 2.84. The molecule has 15 heavy (non-hydrogen) atoms. The maximum atomic E-state index is 9.03. The molecule has 0 aromatic heterocycles. The summed E-state index contributed by atoms with van der Waals surface area (Å²) in [4.78, 5) is 0. The summed E-state index contributed by atoms with van der Waals surface area (Å²) in [6.45, 7) is 0. The van der Waals surface area contributed by atoms with E-state index in [9.17, 15) is 0 Å². The minimum atomic E-state index is -0.310. The van der Waals surface area contributed by atoms with E-state index in [1.54, 1.807) is 0 Å². The van der Waals surface area contributed by atoms with Crippen LogP contribution in [0.3, 0.4) is 0 Å². The highest BCUT2D eigenvalue weighted by atomic mass is 16.5. The van der Waals surface area contributed by atoms with Crippen molar-refractivity contribution in [2.45, 2.75) is 12.2 Å². The molecule has 2 aliphatic heterocycles. The van der Waals surface area contributed by atoms with Gasteiger partial charge in [-0.25, -0.2) is 0 Å². The molecule has 72 valence electrons. The van der Waals surface area contributed by atoms with E-state index in [1.165, 1.54) is 0 Å². The highest BCUT2D eigenvalue weighted by Crippen LogP contribution is 2.56. The van der Waals surface area contributed by atoms with Gasteiger partial charge in [-0.3, -0.25) is 0 Å². The second kappa shape index (κ2) is 2.82. The predicted molar refractivity (Wildman–Crippen MR) is 51.2 cm³/mol. The van der Waals surface area contributed by atoms with Gasteiger partial charge in [0, 0.05) is 0 Å². The maximum absolute atomic E-state index is 9.03. The number of hydrogen-bond acceptors (Lipinski definition) is 3. The first-order valence-corrected chi connectivity index (χ1v) is 4.90. The van der Waals surface area contributed by atoms with Crippen molar-refractivity contribution in [1.82, 2.24) is 0 Å². The van der Waals surface area contributed by atoms with Crippen molar-refractivity contribution in [1.29, 1.82) is 10.5 Å². The quantitative estimate of drug-likeness (QED) is 0.638. The van der Waals surface area contributed by atoms with Crippen LogP contribution >= 0.6 is 0 Å². The molecule has 0 radical (unpaired) electrons. The molecule has 0 spiro atoms. The zero-order valence-electron chi connectivity index (χ0n) is 7.92. The van der Waals surface area contributed by atoms with Crippen LogP contribution in [-0.4, -0.2) is 0 Å². The third-order valence-corrected chi connectivity index (χ3v) is 3.24. The second-order valence-electron chi connectivity index (χ2n) is 3.92. The molecule has 1 aromatic rings. The van der Waals surface area contributed by atoms with Gasteiger partial charge in [-0.05, 0) is 11.1 Å². The van der Waals surface area contributed by atoms with Gasteiger partial charge in [0.05, 0.1) is 24.0 Å². The van der Waals surface area contributed by atoms with Crippen molar-refractivity contribution in [2.24, 2.45) is 11.8 Å². The van der Waals surface area contributed by atoms with Gasteiger partial charge in [-0.15, -0.1) is 0 Å². The summed E-state index contributed by atoms with van der Waals surface area (Å²) in [5.74, 6) is -0.621. The molecule has 2 aliphatic rings. The first kappa shape index (κ1) is 8.47. The van der Waals surface area contributed by atoms with E-state index in [4.69, 9.17) is 15.3 Å². The summed E-state index contributed by atoms with van der Waals surface area (Å²) >= 11 is 0. The Kier molecular flexibility index (Phi) is 1.59. The molecule has 2 bridgehead atoms. The van der Waals surface area contributed by atoms with Crippen LogP contribution in [0.25, 0.3) is 0 Å². The number of nitriles is 2. The Morgan fingerprint density at radius 1 is 0.933 bits per heavy atom. The summed E-state index contributed by atoms with van der Waals surface area (Å²) < 4.78 is 5.70. The van der Waals surface area contributed by atoms with Gasteiger partial charge in [-0.1, -0.05) is 24.3 Å². The summed E-state index contributed by atoms with van der Waals surface area (Å²) in [6, 6.07) is 12.2. The lowest BCUT2D eigenvalue weighted by molar-refractivity contribution is 0.0611. The molecule has 4 unspecified atom stereocenters. The van der Waals surface area contributed by atoms with E-state index in [-0.39, 0.29) is 24.0 Å². The molecular formula is C12H8N2O. The Hall–Kier alpha value is -1.84. The van der Waals surface area contributed by atoms with Crippen LogP contribution < -0.4 is 0 Å². The predicted octanol–water partition coefficient (Wildman–Crippen LogP) is 2.09. The molecule has 3 rings (SSSR count). The van der Waals surface area contributed by atoms with Crippen molar-refractivity contribution in [3.63, 3.8) is 0 Å². The SMILES string of the molecule is N#CC1C2OC(c3ccccc32)C1C#N. The smallest absolute Gasteiger partial charge is 0.101 e. The molecule has 0 aliphatic carbocycles. The topological polar surface area (TPSA) is 56.8 Å². The fourth-order valence-electron chi connectivity index (χ4n) is 2.56. The van der Waals surface area contributed by atoms with E-state index in [1.807, 2.05) is 24.3 Å². The Bertz CT molecular complexity index is 452. The van der Waals surface area contributed by atoms with Crippen molar-refractivity contribution >= 4 is 0 Å². The van der Waals surface area contributed by atoms with Crippen molar-refractivity contribution < 1.29 is 4.74 Å². The number of hydrogen-bond donors (Lipinski definition) is 0. The van der Waals surface area contributed by atoms with Crippen molar-refractivity contribution in [2.75, 3.05) is 0 Å². The van der Waals surface area contributed by atoms with Crippen LogP contribution in [0.15, 0.2) is 24.3 Å². The van der Waals surface area contributed by atoms with E-state index < -0.39 is 0 Å². The van der Waals surface area contributed by atoms with Crippen LogP contribution in [0, 0.1) is 34.5 Å². The second-order valence-corrected chi connectivity index (χ2v) is 3.92. The molecule has 0 N–H and O–H groups in total. The molecule has 0 amide bonds. The lowest BCUT2D eigenvalue weighted by atomic mass is 9.77. The number of fused-ring (bicyclic) bond motifs is 5. The first-order chi connectivity index (χ1) is 7.36. The van der Waals surface area contributed by atoms with Crippen LogP contribution in [0.2, 0.25) is 0 Å². The largest absolute Gasteiger partial charge is 0.363 e. The highest BCUT2D eigenvalue weighted by Gasteiger charge is 2.52. The minimum Gasteiger partial charge on any atom is -0.363 e. The van der Waals surface area contributed by atoms with E-state index in [0.29, 0.717) is 0 Å². The van der Waals surface area contributed by atoms with Crippen LogP contribution in [0.1, 0.15) is 23.3 Å². The van der Waals surface area contributed by atoms with Crippen LogP contribution in [0.5, 0.6) is 0 Å². The van der Waals surface area contributed by atoms with E-state index in [2.05, 4.69) is 12.1 Å². The maximum Gasteiger partial charge on any atom is 0.101 e. The van der Waals surface area contributed by atoms with E-state index in [0.717, 1.165) is 11.1 Å². The minimum absolute atomic E-state index is 0.194. The highest BCUT2D eigenvalue weighted by molar-refractivity contribution is 5.41. The molecule has 3 heteroatoms. The van der Waals surface area contributed by atoms with Crippen LogP contribution in [-0.2, 0) is 4.74 Å². The Morgan fingerprint density at radius 2 is 1.40 bits per heavy atom. The van der Waals surface area contributed by atoms with Gasteiger partial charge in [0.15, 0.2) is 0 Å². The lowest BCUT2D eigenvalue weighted by Gasteiger charge is -2.19. The fraction of sp³-hybridized carbons (Fsp3) is 0.333. The number of benzene rings is 1. The molecule has 1 saturated heterocycles. The monoisotopic (exact) mass is 196 g/mol. The zero-order chi connectivity index (χ0) is 10.4. The lowest BCUT2D eigenvalue weighted by Crippen LogP contribution is -2.18. The molecular weight excluding hydrogens is 188 g/mol. The number of ether oxygens (including phenoxy) is 1. The summed E-state index contributed by atoms with van der Waals surface area (Å²) in [5.41, 5.74) is 2.17. The number of rotatable bonds is 0. The fourth-order valence-corrected chi connectivity index (χ4v) is 2.56. The third-order valence-electron chi connectivity index (χ3n) is 3.24. The molecule has 2 heterocycles. The summed E-state index contributed by atoms with van der Waals surface area (Å²) in [7, 11) is 0. The van der Waals surface area contributed by atoms with Crippen molar-refractivity contribution in [3.8, 4) is 12.1 Å². The van der Waals surface area contributed by atoms with Gasteiger partial charge in [0.2, 0.25) is 0 Å². The van der Waals surface area contributed by atoms with Gasteiger partial charge in [0.25, 0.3) is 0 Å². The molecule has 3 nitrogen and oxygen atoms in total. The Morgan fingerprint density at radius 3 is 1.80 bits per heavy atom. The normalized spacial score (nSPS) is 35.6. The molecule has 1 fully saturated rings. The van der Waals surface area contributed by atoms with Crippen LogP contribution in [0.4, 0.5) is 0 Å². The standard InChI is InChI=1S/C12H8N2O/c13-5-9-10(6-14)12-8-4-2-1-3-7(8)11(9)15-12/h1-4,9-12H. The molecule has 0 saturated carbocycles. The summed E-state index contributed by atoms with van der Waals surface area (Å²) in [6.07, 6.45) is -0.387. The van der Waals surface area contributed by atoms with Gasteiger partial charge in [0.1, 0.15) is 12.2 Å². The Balaban J connectivity index is 2.15. The number of nitrogens with zero attached hydrogens (tertiary/aromatic N) is 2. The van der Waals surface area contributed by atoms with E-state index >= 15 is 0 Å². The van der Waals surface area contributed by atoms with Gasteiger partial charge < -0.3 is 4.74 Å². The van der Waals surface area contributed by atoms with Gasteiger partial charge in [-0.2, -0.15) is 10.5 Å². The molecule has 1 aromatic carbocycles. The van der Waals surface area contributed by atoms with Gasteiger partial charge >= 0.3 is 0 Å². The van der Waals surface area contributed by atoms with Crippen molar-refractivity contribution in [3.05, 3.63) is 35.4 Å².